The Hall–Kier alpha value is -2.32. The Bertz CT molecular complexity index is 813. The van der Waals surface area contributed by atoms with Gasteiger partial charge in [-0.05, 0) is 23.3 Å². The molecule has 1 amide bonds. The highest BCUT2D eigenvalue weighted by Crippen LogP contribution is 2.08. The summed E-state index contributed by atoms with van der Waals surface area (Å²) in [6.45, 7) is 0.438. The molecule has 6 nitrogen and oxygen atoms in total. The van der Waals surface area contributed by atoms with Crippen LogP contribution in [0.25, 0.3) is 0 Å². The van der Waals surface area contributed by atoms with Crippen LogP contribution in [0.3, 0.4) is 0 Å². The van der Waals surface area contributed by atoms with Crippen molar-refractivity contribution in [1.82, 2.24) is 14.6 Å². The van der Waals surface area contributed by atoms with E-state index in [1.807, 2.05) is 0 Å². The van der Waals surface area contributed by atoms with Crippen molar-refractivity contribution in [1.29, 1.82) is 0 Å². The smallest absolute Gasteiger partial charge is 0.224 e. The summed E-state index contributed by atoms with van der Waals surface area (Å²) in [6.07, 6.45) is 4.23. The zero-order chi connectivity index (χ0) is 18.3. The Balaban J connectivity index is 1.88. The quantitative estimate of drug-likeness (QED) is 0.766. The minimum Gasteiger partial charge on any atom is -0.354 e. The van der Waals surface area contributed by atoms with Crippen LogP contribution in [-0.2, 0) is 27.8 Å². The minimum atomic E-state index is -3.43. The van der Waals surface area contributed by atoms with E-state index in [1.54, 1.807) is 42.7 Å². The second-order valence-corrected chi connectivity index (χ2v) is 7.56. The van der Waals surface area contributed by atoms with Crippen molar-refractivity contribution in [2.75, 3.05) is 19.3 Å². The molecule has 0 aliphatic carbocycles. The average molecular weight is 365 g/mol. The number of nitrogens with zero attached hydrogens (tertiary/aromatic N) is 2. The first-order chi connectivity index (χ1) is 11.9. The zero-order valence-corrected chi connectivity index (χ0v) is 14.7. The summed E-state index contributed by atoms with van der Waals surface area (Å²) in [7, 11) is -3.43. The molecule has 0 atom stereocenters. The third-order valence-corrected chi connectivity index (χ3v) is 4.79. The molecule has 0 spiro atoms. The van der Waals surface area contributed by atoms with E-state index < -0.39 is 15.8 Å². The molecule has 1 aromatic heterocycles. The summed E-state index contributed by atoms with van der Waals surface area (Å²) in [5.41, 5.74) is 1.06. The second kappa shape index (κ2) is 8.68. The van der Waals surface area contributed by atoms with Gasteiger partial charge in [0, 0.05) is 32.0 Å². The number of carbonyl (C=O) groups excluding carboxylic acids is 1. The molecular weight excluding hydrogens is 345 g/mol. The fourth-order valence-corrected chi connectivity index (χ4v) is 3.06. The topological polar surface area (TPSA) is 79.4 Å². The molecule has 2 rings (SSSR count). The number of hydrogen-bond acceptors (Lipinski definition) is 4. The average Bonchev–Trinajstić information content (AvgIpc) is 2.56. The normalized spacial score (nSPS) is 11.5. The van der Waals surface area contributed by atoms with Crippen LogP contribution in [-0.4, -0.2) is 43.0 Å². The zero-order valence-electron chi connectivity index (χ0n) is 13.9. The van der Waals surface area contributed by atoms with Crippen molar-refractivity contribution in [2.24, 2.45) is 0 Å². The predicted octanol–water partition coefficient (Wildman–Crippen LogP) is 1.34. The Morgan fingerprint density at radius 1 is 1.24 bits per heavy atom. The molecular formula is C17H20FN3O3S. The predicted molar refractivity (Wildman–Crippen MR) is 92.6 cm³/mol. The van der Waals surface area contributed by atoms with Gasteiger partial charge in [0.15, 0.2) is 0 Å². The summed E-state index contributed by atoms with van der Waals surface area (Å²) in [4.78, 5) is 15.9. The van der Waals surface area contributed by atoms with E-state index in [4.69, 9.17) is 0 Å². The monoisotopic (exact) mass is 365 g/mol. The van der Waals surface area contributed by atoms with Crippen molar-refractivity contribution in [3.63, 3.8) is 0 Å². The van der Waals surface area contributed by atoms with Gasteiger partial charge in [-0.15, -0.1) is 0 Å². The molecule has 1 heterocycles. The molecule has 1 N–H and O–H groups in total. The number of halogens is 1. The van der Waals surface area contributed by atoms with Gasteiger partial charge in [-0.25, -0.2) is 12.8 Å². The van der Waals surface area contributed by atoms with Gasteiger partial charge >= 0.3 is 0 Å². The van der Waals surface area contributed by atoms with E-state index in [-0.39, 0.29) is 32.0 Å². The van der Waals surface area contributed by atoms with E-state index in [1.165, 1.54) is 10.4 Å². The van der Waals surface area contributed by atoms with Gasteiger partial charge in [-0.3, -0.25) is 9.78 Å². The van der Waals surface area contributed by atoms with Crippen LogP contribution in [0.4, 0.5) is 4.39 Å². The van der Waals surface area contributed by atoms with Gasteiger partial charge in [-0.1, -0.05) is 24.3 Å². The molecule has 0 saturated carbocycles. The second-order valence-electron chi connectivity index (χ2n) is 5.58. The van der Waals surface area contributed by atoms with Crippen LogP contribution in [0, 0.1) is 5.82 Å². The van der Waals surface area contributed by atoms with Crippen LogP contribution >= 0.6 is 0 Å². The first-order valence-electron chi connectivity index (χ1n) is 7.70. The van der Waals surface area contributed by atoms with Crippen LogP contribution in [0.1, 0.15) is 11.1 Å². The maximum atomic E-state index is 13.5. The molecule has 1 aromatic carbocycles. The van der Waals surface area contributed by atoms with Gasteiger partial charge in [-0.2, -0.15) is 4.31 Å². The Morgan fingerprint density at radius 3 is 2.64 bits per heavy atom. The summed E-state index contributed by atoms with van der Waals surface area (Å²) >= 11 is 0. The molecule has 0 aliphatic heterocycles. The molecule has 0 saturated heterocycles. The summed E-state index contributed by atoms with van der Waals surface area (Å²) in [5.74, 6) is -0.799. The Morgan fingerprint density at radius 2 is 2.00 bits per heavy atom. The van der Waals surface area contributed by atoms with Gasteiger partial charge in [0.25, 0.3) is 0 Å². The van der Waals surface area contributed by atoms with Gasteiger partial charge in [0.1, 0.15) is 5.82 Å². The van der Waals surface area contributed by atoms with Crippen molar-refractivity contribution in [3.05, 3.63) is 65.7 Å². The van der Waals surface area contributed by atoms with Crippen LogP contribution in [0.5, 0.6) is 0 Å². The Labute approximate surface area is 146 Å². The van der Waals surface area contributed by atoms with Crippen molar-refractivity contribution < 1.29 is 17.6 Å². The maximum absolute atomic E-state index is 13.5. The van der Waals surface area contributed by atoms with Crippen molar-refractivity contribution in [2.45, 2.75) is 13.0 Å². The fourth-order valence-electron chi connectivity index (χ4n) is 2.25. The van der Waals surface area contributed by atoms with Gasteiger partial charge < -0.3 is 5.32 Å². The van der Waals surface area contributed by atoms with E-state index in [9.17, 15) is 17.6 Å². The summed E-state index contributed by atoms with van der Waals surface area (Å²) in [5, 5.41) is 2.62. The number of amides is 1. The highest BCUT2D eigenvalue weighted by molar-refractivity contribution is 7.88. The molecule has 0 aliphatic rings. The lowest BCUT2D eigenvalue weighted by atomic mass is 10.1. The number of sulfonamides is 1. The SMILES string of the molecule is CS(=O)(=O)N(CCNC(=O)Cc1ccccc1F)Cc1cccnc1. The van der Waals surface area contributed by atoms with E-state index in [0.29, 0.717) is 5.56 Å². The van der Waals surface area contributed by atoms with Crippen molar-refractivity contribution in [3.8, 4) is 0 Å². The molecule has 25 heavy (non-hydrogen) atoms. The van der Waals surface area contributed by atoms with E-state index in [2.05, 4.69) is 10.3 Å². The fraction of sp³-hybridized carbons (Fsp3) is 0.294. The number of benzene rings is 1. The number of aromatic nitrogens is 1. The van der Waals surface area contributed by atoms with E-state index >= 15 is 0 Å². The number of pyridine rings is 1. The highest BCUT2D eigenvalue weighted by atomic mass is 32.2. The lowest BCUT2D eigenvalue weighted by Gasteiger charge is -2.20. The van der Waals surface area contributed by atoms with Crippen molar-refractivity contribution >= 4 is 15.9 Å². The standard InChI is InChI=1S/C17H20FN3O3S/c1-25(23,24)21(13-14-5-4-8-19-12-14)10-9-20-17(22)11-15-6-2-3-7-16(15)18/h2-8,12H,9-11,13H2,1H3,(H,20,22). The lowest BCUT2D eigenvalue weighted by Crippen LogP contribution is -2.38. The van der Waals surface area contributed by atoms with Crippen LogP contribution in [0.15, 0.2) is 48.8 Å². The maximum Gasteiger partial charge on any atom is 0.224 e. The van der Waals surface area contributed by atoms with Gasteiger partial charge in [0.2, 0.25) is 15.9 Å². The molecule has 8 heteroatoms. The third kappa shape index (κ3) is 6.24. The first kappa shape index (κ1) is 19.0. The lowest BCUT2D eigenvalue weighted by molar-refractivity contribution is -0.120. The largest absolute Gasteiger partial charge is 0.354 e. The van der Waals surface area contributed by atoms with Gasteiger partial charge in [0.05, 0.1) is 12.7 Å². The number of nitrogens with one attached hydrogen (secondary N) is 1. The third-order valence-electron chi connectivity index (χ3n) is 3.54. The molecule has 0 radical (unpaired) electrons. The first-order valence-corrected chi connectivity index (χ1v) is 9.55. The minimum absolute atomic E-state index is 0.0891. The van der Waals surface area contributed by atoms with E-state index in [0.717, 1.165) is 11.8 Å². The number of hydrogen-bond donors (Lipinski definition) is 1. The van der Waals surface area contributed by atoms with Crippen LogP contribution < -0.4 is 5.32 Å². The molecule has 134 valence electrons. The number of rotatable bonds is 8. The highest BCUT2D eigenvalue weighted by Gasteiger charge is 2.17. The Kier molecular flexibility index (Phi) is 6.60. The summed E-state index contributed by atoms with van der Waals surface area (Å²) < 4.78 is 38.6. The molecule has 0 unspecified atom stereocenters. The summed E-state index contributed by atoms with van der Waals surface area (Å²) in [6, 6.07) is 9.56. The molecule has 0 bridgehead atoms. The van der Waals surface area contributed by atoms with Crippen LogP contribution in [0.2, 0.25) is 0 Å². The molecule has 0 fully saturated rings. The molecule has 2 aromatic rings. The number of carbonyl (C=O) groups is 1.